The molecule has 1 saturated heterocycles. The van der Waals surface area contributed by atoms with Crippen molar-refractivity contribution in [2.24, 2.45) is 17.8 Å². The summed E-state index contributed by atoms with van der Waals surface area (Å²) in [6.45, 7) is 2.43. The molecule has 1 aromatic carbocycles. The molecular weight excluding hydrogens is 452 g/mol. The molecule has 4 aliphatic rings. The van der Waals surface area contributed by atoms with Gasteiger partial charge >= 0.3 is 0 Å². The van der Waals surface area contributed by atoms with Gasteiger partial charge in [0.05, 0.1) is 28.5 Å². The number of carbonyl (C=O) groups excluding carboxylic acids is 3. The van der Waals surface area contributed by atoms with Gasteiger partial charge in [-0.1, -0.05) is 30.7 Å². The normalized spacial score (nSPS) is 29.8. The van der Waals surface area contributed by atoms with E-state index in [0.717, 1.165) is 36.0 Å². The summed E-state index contributed by atoms with van der Waals surface area (Å²) in [5.74, 6) is 0.833. The molecule has 2 aliphatic carbocycles. The SMILES string of the molecule is C[C@H](Cc1ccc2c(c1)CN(C1CCC(=O)NC13C1CCC13)C2=O)C(=O)c1cc(Cl)c(N)cn1. The second-order valence-corrected chi connectivity index (χ2v) is 10.7. The number of amides is 2. The number of carbonyl (C=O) groups is 3. The molecule has 3 heterocycles. The fourth-order valence-corrected chi connectivity index (χ4v) is 6.73. The molecule has 7 nitrogen and oxygen atoms in total. The van der Waals surface area contributed by atoms with Crippen molar-refractivity contribution >= 4 is 34.9 Å². The largest absolute Gasteiger partial charge is 0.396 e. The number of hydrogen-bond acceptors (Lipinski definition) is 5. The van der Waals surface area contributed by atoms with Crippen LogP contribution in [0.1, 0.15) is 64.6 Å². The summed E-state index contributed by atoms with van der Waals surface area (Å²) < 4.78 is 0. The Labute approximate surface area is 203 Å². The van der Waals surface area contributed by atoms with E-state index in [1.807, 2.05) is 24.0 Å². The Morgan fingerprint density at radius 3 is 2.74 bits per heavy atom. The van der Waals surface area contributed by atoms with Crippen LogP contribution in [-0.4, -0.2) is 39.1 Å². The van der Waals surface area contributed by atoms with Crippen molar-refractivity contribution in [3.05, 3.63) is 57.9 Å². The molecule has 2 amide bonds. The van der Waals surface area contributed by atoms with E-state index in [0.29, 0.717) is 47.6 Å². The summed E-state index contributed by atoms with van der Waals surface area (Å²) >= 11 is 6.06. The Kier molecular flexibility index (Phi) is 4.79. The first-order valence-corrected chi connectivity index (χ1v) is 12.4. The number of ketones is 1. The van der Waals surface area contributed by atoms with Gasteiger partial charge in [-0.15, -0.1) is 0 Å². The van der Waals surface area contributed by atoms with Gasteiger partial charge in [0.15, 0.2) is 5.78 Å². The zero-order valence-corrected chi connectivity index (χ0v) is 19.8. The van der Waals surface area contributed by atoms with Crippen LogP contribution in [0, 0.1) is 17.8 Å². The number of Topliss-reactive ketones (excluding diaryl/α,β-unsaturated/α-hetero) is 1. The van der Waals surface area contributed by atoms with Gasteiger partial charge in [0, 0.05) is 24.4 Å². The maximum atomic E-state index is 13.3. The minimum atomic E-state index is -0.294. The number of halogens is 1. The van der Waals surface area contributed by atoms with Crippen molar-refractivity contribution in [3.8, 4) is 0 Å². The van der Waals surface area contributed by atoms with Crippen LogP contribution in [0.5, 0.6) is 0 Å². The van der Waals surface area contributed by atoms with E-state index in [-0.39, 0.29) is 35.1 Å². The zero-order chi connectivity index (χ0) is 23.8. The van der Waals surface area contributed by atoms with E-state index >= 15 is 0 Å². The van der Waals surface area contributed by atoms with Gasteiger partial charge < -0.3 is 16.0 Å². The van der Waals surface area contributed by atoms with Crippen molar-refractivity contribution in [2.75, 3.05) is 5.73 Å². The van der Waals surface area contributed by atoms with Gasteiger partial charge in [-0.2, -0.15) is 0 Å². The molecule has 1 spiro atoms. The minimum Gasteiger partial charge on any atom is -0.396 e. The van der Waals surface area contributed by atoms with Gasteiger partial charge in [0.25, 0.3) is 5.91 Å². The molecule has 0 bridgehead atoms. The van der Waals surface area contributed by atoms with Crippen LogP contribution in [-0.2, 0) is 17.8 Å². The maximum Gasteiger partial charge on any atom is 0.254 e. The fraction of sp³-hybridized carbons (Fsp3) is 0.462. The number of nitrogens with one attached hydrogen (secondary N) is 1. The monoisotopic (exact) mass is 478 g/mol. The number of anilines is 1. The molecule has 8 heteroatoms. The average molecular weight is 479 g/mol. The van der Waals surface area contributed by atoms with Crippen LogP contribution < -0.4 is 11.1 Å². The molecule has 176 valence electrons. The number of aromatic nitrogens is 1. The molecule has 3 unspecified atom stereocenters. The molecule has 1 aromatic heterocycles. The zero-order valence-electron chi connectivity index (χ0n) is 19.0. The topological polar surface area (TPSA) is 105 Å². The van der Waals surface area contributed by atoms with Gasteiger partial charge in [0.1, 0.15) is 5.69 Å². The molecule has 3 fully saturated rings. The van der Waals surface area contributed by atoms with Gasteiger partial charge in [0.2, 0.25) is 5.91 Å². The third-order valence-electron chi connectivity index (χ3n) is 8.45. The summed E-state index contributed by atoms with van der Waals surface area (Å²) in [6, 6.07) is 7.45. The van der Waals surface area contributed by atoms with Crippen molar-refractivity contribution in [2.45, 2.75) is 57.2 Å². The van der Waals surface area contributed by atoms with Crippen LogP contribution in [0.4, 0.5) is 5.69 Å². The lowest BCUT2D eigenvalue weighted by Gasteiger charge is -2.39. The van der Waals surface area contributed by atoms with E-state index in [9.17, 15) is 14.4 Å². The summed E-state index contributed by atoms with van der Waals surface area (Å²) in [6.07, 6.45) is 5.43. The fourth-order valence-electron chi connectivity index (χ4n) is 6.58. The number of fused-ring (bicyclic) bond motifs is 4. The highest BCUT2D eigenvalue weighted by molar-refractivity contribution is 6.33. The number of nitrogens with zero attached hydrogens (tertiary/aromatic N) is 2. The first kappa shape index (κ1) is 21.6. The molecule has 0 radical (unpaired) electrons. The van der Waals surface area contributed by atoms with Crippen LogP contribution in [0.25, 0.3) is 0 Å². The van der Waals surface area contributed by atoms with Crippen molar-refractivity contribution in [3.63, 3.8) is 0 Å². The highest BCUT2D eigenvalue weighted by Gasteiger charge is 2.75. The third kappa shape index (κ3) is 3.09. The standard InChI is InChI=1S/C26H27ClN4O3/c1-13(24(33)21-10-19(27)20(28)11-29-21)8-14-2-3-16-15(9-14)12-31(25(16)34)22-6-7-23(32)30-26(22)17-4-5-18(17)26/h2-3,9-11,13,17-18,22H,4-8,12,28H2,1H3,(H,30,32)/t13-,17?,18?,22?,26?/m1/s1. The Hall–Kier alpha value is -2.93. The Balaban J connectivity index is 1.19. The number of hydrogen-bond donors (Lipinski definition) is 2. The minimum absolute atomic E-state index is 0.0539. The van der Waals surface area contributed by atoms with Gasteiger partial charge in [-0.05, 0) is 60.8 Å². The molecule has 3 N–H and O–H groups in total. The lowest BCUT2D eigenvalue weighted by atomic mass is 9.92. The number of benzene rings is 1. The van der Waals surface area contributed by atoms with Crippen LogP contribution in [0.3, 0.4) is 0 Å². The molecule has 2 aliphatic heterocycles. The highest BCUT2D eigenvalue weighted by atomic mass is 35.5. The van der Waals surface area contributed by atoms with Crippen LogP contribution in [0.2, 0.25) is 5.02 Å². The smallest absolute Gasteiger partial charge is 0.254 e. The quantitative estimate of drug-likeness (QED) is 0.641. The van der Waals surface area contributed by atoms with E-state index in [1.54, 1.807) is 0 Å². The summed E-state index contributed by atoms with van der Waals surface area (Å²) in [5, 5.41) is 3.60. The van der Waals surface area contributed by atoms with Crippen molar-refractivity contribution in [1.82, 2.24) is 15.2 Å². The number of nitrogens with two attached hydrogens (primary N) is 1. The second-order valence-electron chi connectivity index (χ2n) is 10.3. The Morgan fingerprint density at radius 2 is 2.03 bits per heavy atom. The van der Waals surface area contributed by atoms with Crippen molar-refractivity contribution < 1.29 is 14.4 Å². The van der Waals surface area contributed by atoms with E-state index < -0.39 is 0 Å². The predicted molar refractivity (Wildman–Crippen MR) is 127 cm³/mol. The predicted octanol–water partition coefficient (Wildman–Crippen LogP) is 3.39. The lowest BCUT2D eigenvalue weighted by molar-refractivity contribution is -0.125. The van der Waals surface area contributed by atoms with Crippen molar-refractivity contribution in [1.29, 1.82) is 0 Å². The number of piperidine rings is 1. The average Bonchev–Trinajstić information content (AvgIpc) is 3.04. The molecule has 6 rings (SSSR count). The lowest BCUT2D eigenvalue weighted by Crippen LogP contribution is -2.59. The van der Waals surface area contributed by atoms with Gasteiger partial charge in [-0.3, -0.25) is 19.4 Å². The second kappa shape index (κ2) is 7.54. The van der Waals surface area contributed by atoms with E-state index in [2.05, 4.69) is 16.4 Å². The first-order chi connectivity index (χ1) is 16.3. The highest BCUT2D eigenvalue weighted by Crippen LogP contribution is 2.68. The number of rotatable bonds is 5. The van der Waals surface area contributed by atoms with Crippen LogP contribution in [0.15, 0.2) is 30.5 Å². The Bertz CT molecular complexity index is 1230. The van der Waals surface area contributed by atoms with Gasteiger partial charge in [-0.25, -0.2) is 0 Å². The summed E-state index contributed by atoms with van der Waals surface area (Å²) in [5.41, 5.74) is 8.88. The van der Waals surface area contributed by atoms with E-state index in [1.165, 1.54) is 12.3 Å². The number of pyridine rings is 1. The first-order valence-electron chi connectivity index (χ1n) is 12.0. The summed E-state index contributed by atoms with van der Waals surface area (Å²) in [4.78, 5) is 44.5. The third-order valence-corrected chi connectivity index (χ3v) is 8.77. The number of nitrogen functional groups attached to an aromatic ring is 1. The molecular formula is C26H27ClN4O3. The summed E-state index contributed by atoms with van der Waals surface area (Å²) in [7, 11) is 0. The molecule has 34 heavy (non-hydrogen) atoms. The molecule has 2 aromatic rings. The Morgan fingerprint density at radius 1 is 1.26 bits per heavy atom. The van der Waals surface area contributed by atoms with Crippen LogP contribution >= 0.6 is 11.6 Å². The van der Waals surface area contributed by atoms with E-state index in [4.69, 9.17) is 17.3 Å². The molecule has 4 atom stereocenters. The maximum absolute atomic E-state index is 13.3. The molecule has 2 saturated carbocycles.